The molecular weight excluding hydrogens is 266 g/mol. The molecule has 102 valence electrons. The van der Waals surface area contributed by atoms with Crippen LogP contribution in [0.4, 0.5) is 5.69 Å². The molecule has 1 aromatic heterocycles. The highest BCUT2D eigenvalue weighted by Crippen LogP contribution is 2.23. The van der Waals surface area contributed by atoms with Crippen LogP contribution in [0, 0.1) is 11.7 Å². The van der Waals surface area contributed by atoms with Gasteiger partial charge in [0.2, 0.25) is 0 Å². The average molecular weight is 283 g/mol. The van der Waals surface area contributed by atoms with Gasteiger partial charge in [-0.05, 0) is 55.0 Å². The van der Waals surface area contributed by atoms with Crippen LogP contribution in [0.25, 0.3) is 16.7 Å². The van der Waals surface area contributed by atoms with Crippen LogP contribution in [0.3, 0.4) is 0 Å². The Kier molecular flexibility index (Phi) is 3.10. The average Bonchev–Trinajstić information content (AvgIpc) is 2.73. The Bertz CT molecular complexity index is 827. The molecule has 0 atom stereocenters. The van der Waals surface area contributed by atoms with Gasteiger partial charge in [-0.1, -0.05) is 12.1 Å². The summed E-state index contributed by atoms with van der Waals surface area (Å²) in [6, 6.07) is 14.7. The predicted molar refractivity (Wildman–Crippen MR) is 87.5 cm³/mol. The Morgan fingerprint density at radius 3 is 2.65 bits per heavy atom. The number of nitrogens with one attached hydrogen (secondary N) is 1. The van der Waals surface area contributed by atoms with Crippen molar-refractivity contribution >= 4 is 28.9 Å². The smallest absolute Gasteiger partial charge is 0.182 e. The van der Waals surface area contributed by atoms with E-state index in [0.717, 1.165) is 27.2 Å². The molecule has 20 heavy (non-hydrogen) atoms. The number of imidazole rings is 1. The maximum Gasteiger partial charge on any atom is 0.182 e. The van der Waals surface area contributed by atoms with E-state index >= 15 is 0 Å². The van der Waals surface area contributed by atoms with Gasteiger partial charge in [-0.15, -0.1) is 0 Å². The molecular formula is C16H17N3S. The van der Waals surface area contributed by atoms with Crippen LogP contribution >= 0.6 is 12.2 Å². The molecule has 1 N–H and O–H groups in total. The second-order valence-electron chi connectivity index (χ2n) is 5.20. The minimum atomic E-state index is 0.724. The zero-order valence-corrected chi connectivity index (χ0v) is 12.7. The van der Waals surface area contributed by atoms with Gasteiger partial charge in [0.15, 0.2) is 4.77 Å². The fraction of sp³-hybridized carbons (Fsp3) is 0.188. The lowest BCUT2D eigenvalue weighted by atomic mass is 10.2. The molecule has 0 saturated carbocycles. The van der Waals surface area contributed by atoms with Crippen molar-refractivity contribution < 1.29 is 0 Å². The molecule has 0 fully saturated rings. The van der Waals surface area contributed by atoms with Gasteiger partial charge in [0.05, 0.1) is 16.7 Å². The summed E-state index contributed by atoms with van der Waals surface area (Å²) in [5, 5.41) is 0. The Morgan fingerprint density at radius 1 is 1.10 bits per heavy atom. The van der Waals surface area contributed by atoms with Crippen LogP contribution in [-0.4, -0.2) is 23.6 Å². The van der Waals surface area contributed by atoms with E-state index in [9.17, 15) is 0 Å². The molecule has 1 heterocycles. The zero-order valence-electron chi connectivity index (χ0n) is 11.8. The van der Waals surface area contributed by atoms with E-state index in [1.54, 1.807) is 0 Å². The highest BCUT2D eigenvalue weighted by Gasteiger charge is 2.07. The number of H-pyrrole nitrogens is 1. The fourth-order valence-electron chi connectivity index (χ4n) is 2.39. The molecule has 0 aliphatic heterocycles. The highest BCUT2D eigenvalue weighted by atomic mass is 32.1. The molecule has 3 aromatic rings. The molecule has 0 amide bonds. The molecule has 3 rings (SSSR count). The van der Waals surface area contributed by atoms with Crippen molar-refractivity contribution in [1.82, 2.24) is 9.55 Å². The summed E-state index contributed by atoms with van der Waals surface area (Å²) >= 11 is 5.48. The van der Waals surface area contributed by atoms with Gasteiger partial charge in [0.1, 0.15) is 0 Å². The lowest BCUT2D eigenvalue weighted by molar-refractivity contribution is 1.05. The molecule has 0 unspecified atom stereocenters. The fourth-order valence-corrected chi connectivity index (χ4v) is 2.71. The number of rotatable bonds is 2. The van der Waals surface area contributed by atoms with Crippen LogP contribution in [0.1, 0.15) is 5.56 Å². The standard InChI is InChI=1S/C16H17N3S/c1-11-7-8-15-14(9-11)17-16(20)19(15)13-6-4-5-12(10-13)18(2)3/h4-10H,1-3H3,(H,17,20). The first-order valence-corrected chi connectivity index (χ1v) is 6.96. The molecule has 0 bridgehead atoms. The van der Waals surface area contributed by atoms with Gasteiger partial charge in [0, 0.05) is 19.8 Å². The molecule has 4 heteroatoms. The van der Waals surface area contributed by atoms with Gasteiger partial charge in [-0.2, -0.15) is 0 Å². The Labute approximate surface area is 123 Å². The highest BCUT2D eigenvalue weighted by molar-refractivity contribution is 7.71. The van der Waals surface area contributed by atoms with Crippen LogP contribution in [-0.2, 0) is 0 Å². The number of anilines is 1. The Morgan fingerprint density at radius 2 is 1.90 bits per heavy atom. The summed E-state index contributed by atoms with van der Waals surface area (Å²) in [6.45, 7) is 2.08. The minimum Gasteiger partial charge on any atom is -0.378 e. The van der Waals surface area contributed by atoms with E-state index in [0.29, 0.717) is 0 Å². The number of aromatic amines is 1. The number of hydrogen-bond donors (Lipinski definition) is 1. The first kappa shape index (κ1) is 12.9. The molecule has 0 saturated heterocycles. The summed E-state index contributed by atoms with van der Waals surface area (Å²) in [7, 11) is 4.08. The van der Waals surface area contributed by atoms with E-state index in [-0.39, 0.29) is 0 Å². The number of hydrogen-bond acceptors (Lipinski definition) is 2. The topological polar surface area (TPSA) is 24.0 Å². The van der Waals surface area contributed by atoms with E-state index < -0.39 is 0 Å². The summed E-state index contributed by atoms with van der Waals surface area (Å²) in [5.74, 6) is 0. The van der Waals surface area contributed by atoms with Gasteiger partial charge in [-0.25, -0.2) is 0 Å². The maximum atomic E-state index is 5.48. The van der Waals surface area contributed by atoms with Crippen molar-refractivity contribution in [3.63, 3.8) is 0 Å². The van der Waals surface area contributed by atoms with E-state index in [4.69, 9.17) is 12.2 Å². The summed E-state index contributed by atoms with van der Waals surface area (Å²) in [6.07, 6.45) is 0. The molecule has 0 radical (unpaired) electrons. The molecule has 0 aliphatic carbocycles. The van der Waals surface area contributed by atoms with Crippen LogP contribution in [0.5, 0.6) is 0 Å². The first-order chi connectivity index (χ1) is 9.56. The third-order valence-corrected chi connectivity index (χ3v) is 3.73. The third kappa shape index (κ3) is 2.12. The molecule has 0 spiro atoms. The van der Waals surface area contributed by atoms with E-state index in [2.05, 4.69) is 63.8 Å². The van der Waals surface area contributed by atoms with Gasteiger partial charge >= 0.3 is 0 Å². The largest absolute Gasteiger partial charge is 0.378 e. The Hall–Kier alpha value is -2.07. The third-order valence-electron chi connectivity index (χ3n) is 3.44. The minimum absolute atomic E-state index is 0.724. The van der Waals surface area contributed by atoms with Crippen molar-refractivity contribution in [1.29, 1.82) is 0 Å². The number of nitrogens with zero attached hydrogens (tertiary/aromatic N) is 2. The normalized spacial score (nSPS) is 10.9. The first-order valence-electron chi connectivity index (χ1n) is 6.55. The van der Waals surface area contributed by atoms with Crippen molar-refractivity contribution in [2.75, 3.05) is 19.0 Å². The van der Waals surface area contributed by atoms with Crippen LogP contribution < -0.4 is 4.90 Å². The quantitative estimate of drug-likeness (QED) is 0.717. The van der Waals surface area contributed by atoms with Gasteiger partial charge in [-0.3, -0.25) is 4.57 Å². The maximum absolute atomic E-state index is 5.48. The molecule has 3 nitrogen and oxygen atoms in total. The molecule has 0 aliphatic rings. The summed E-state index contributed by atoms with van der Waals surface area (Å²) in [4.78, 5) is 5.37. The second-order valence-corrected chi connectivity index (χ2v) is 5.59. The summed E-state index contributed by atoms with van der Waals surface area (Å²) in [5.41, 5.74) is 5.65. The van der Waals surface area contributed by atoms with Crippen molar-refractivity contribution in [2.24, 2.45) is 0 Å². The molecule has 2 aromatic carbocycles. The lowest BCUT2D eigenvalue weighted by Gasteiger charge is -2.14. The second kappa shape index (κ2) is 4.80. The zero-order chi connectivity index (χ0) is 14.3. The summed E-state index contributed by atoms with van der Waals surface area (Å²) < 4.78 is 2.80. The monoisotopic (exact) mass is 283 g/mol. The van der Waals surface area contributed by atoms with Gasteiger partial charge < -0.3 is 9.88 Å². The number of aromatic nitrogens is 2. The predicted octanol–water partition coefficient (Wildman–Crippen LogP) is 4.06. The lowest BCUT2D eigenvalue weighted by Crippen LogP contribution is -2.09. The van der Waals surface area contributed by atoms with Crippen molar-refractivity contribution in [3.05, 3.63) is 52.8 Å². The number of fused-ring (bicyclic) bond motifs is 1. The number of benzene rings is 2. The van der Waals surface area contributed by atoms with Crippen molar-refractivity contribution in [3.8, 4) is 5.69 Å². The van der Waals surface area contributed by atoms with Crippen LogP contribution in [0.2, 0.25) is 0 Å². The Balaban J connectivity index is 2.26. The SMILES string of the molecule is Cc1ccc2c(c1)[nH]c(=S)n2-c1cccc(N(C)C)c1. The van der Waals surface area contributed by atoms with Crippen molar-refractivity contribution in [2.45, 2.75) is 6.92 Å². The van der Waals surface area contributed by atoms with Gasteiger partial charge in [0.25, 0.3) is 0 Å². The number of aryl methyl sites for hydroxylation is 1. The van der Waals surface area contributed by atoms with E-state index in [1.807, 2.05) is 14.1 Å². The van der Waals surface area contributed by atoms with E-state index in [1.165, 1.54) is 5.56 Å². The van der Waals surface area contributed by atoms with Crippen LogP contribution in [0.15, 0.2) is 42.5 Å².